The van der Waals surface area contributed by atoms with Gasteiger partial charge in [-0.05, 0) is 32.7 Å². The van der Waals surface area contributed by atoms with Crippen molar-refractivity contribution in [1.82, 2.24) is 19.8 Å². The Labute approximate surface area is 121 Å². The Balaban J connectivity index is 2.22. The number of aryl methyl sites for hydroxylation is 1. The molecule has 1 heterocycles. The molecule has 2 N–H and O–H groups in total. The second-order valence-corrected chi connectivity index (χ2v) is 7.57. The Morgan fingerprint density at radius 1 is 1.40 bits per heavy atom. The predicted octanol–water partition coefficient (Wildman–Crippen LogP) is 1.25. The fraction of sp³-hybridized carbons (Fsp3) is 0.769. The summed E-state index contributed by atoms with van der Waals surface area (Å²) in [7, 11) is -0.0168. The third kappa shape index (κ3) is 3.05. The van der Waals surface area contributed by atoms with Gasteiger partial charge in [0.05, 0.1) is 11.4 Å². The van der Waals surface area contributed by atoms with Crippen molar-refractivity contribution < 1.29 is 8.42 Å². The summed E-state index contributed by atoms with van der Waals surface area (Å²) in [6.07, 6.45) is 4.70. The molecule has 0 aromatic carbocycles. The van der Waals surface area contributed by atoms with Crippen LogP contribution in [0.1, 0.15) is 37.1 Å². The maximum absolute atomic E-state index is 12.7. The van der Waals surface area contributed by atoms with Gasteiger partial charge < -0.3 is 5.32 Å². The normalized spacial score (nSPS) is 17.2. The molecule has 6 nitrogen and oxygen atoms in total. The molecule has 7 heteroatoms. The van der Waals surface area contributed by atoms with E-state index in [-0.39, 0.29) is 0 Å². The molecule has 114 valence electrons. The van der Waals surface area contributed by atoms with Crippen molar-refractivity contribution >= 4 is 10.0 Å². The van der Waals surface area contributed by atoms with E-state index < -0.39 is 10.0 Å². The Morgan fingerprint density at radius 3 is 2.65 bits per heavy atom. The van der Waals surface area contributed by atoms with Crippen molar-refractivity contribution in [1.29, 1.82) is 0 Å². The average Bonchev–Trinajstić information content (AvgIpc) is 3.00. The number of sulfonamides is 1. The van der Waals surface area contributed by atoms with E-state index in [2.05, 4.69) is 15.5 Å². The van der Waals surface area contributed by atoms with Crippen LogP contribution in [0.4, 0.5) is 0 Å². The van der Waals surface area contributed by atoms with Gasteiger partial charge in [-0.25, -0.2) is 12.7 Å². The lowest BCUT2D eigenvalue weighted by molar-refractivity contribution is 0.387. The van der Waals surface area contributed by atoms with Crippen molar-refractivity contribution in [3.8, 4) is 0 Å². The van der Waals surface area contributed by atoms with Crippen LogP contribution in [-0.4, -0.2) is 43.6 Å². The molecular formula is C13H24N4O2S. The van der Waals surface area contributed by atoms with Gasteiger partial charge in [-0.15, -0.1) is 0 Å². The number of hydrogen-bond donors (Lipinski definition) is 2. The van der Waals surface area contributed by atoms with Crippen LogP contribution in [0.5, 0.6) is 0 Å². The summed E-state index contributed by atoms with van der Waals surface area (Å²) in [6.45, 7) is 2.80. The van der Waals surface area contributed by atoms with E-state index >= 15 is 0 Å². The highest BCUT2D eigenvalue weighted by molar-refractivity contribution is 7.89. The highest BCUT2D eigenvalue weighted by atomic mass is 32.2. The van der Waals surface area contributed by atoms with Crippen LogP contribution in [0.25, 0.3) is 0 Å². The number of hydrogen-bond acceptors (Lipinski definition) is 4. The van der Waals surface area contributed by atoms with Crippen molar-refractivity contribution in [3.63, 3.8) is 0 Å². The summed E-state index contributed by atoms with van der Waals surface area (Å²) < 4.78 is 27.0. The quantitative estimate of drug-likeness (QED) is 0.829. The zero-order valence-corrected chi connectivity index (χ0v) is 13.3. The molecule has 0 atom stereocenters. The minimum absolute atomic E-state index is 0.326. The number of nitrogens with zero attached hydrogens (tertiary/aromatic N) is 2. The minimum atomic E-state index is -3.47. The van der Waals surface area contributed by atoms with Crippen LogP contribution in [0.3, 0.4) is 0 Å². The van der Waals surface area contributed by atoms with Crippen LogP contribution in [-0.2, 0) is 16.6 Å². The highest BCUT2D eigenvalue weighted by Gasteiger charge is 2.30. The molecule has 0 unspecified atom stereocenters. The van der Waals surface area contributed by atoms with Crippen LogP contribution in [0, 0.1) is 12.8 Å². The molecule has 1 aromatic rings. The summed E-state index contributed by atoms with van der Waals surface area (Å²) in [6, 6.07) is 0. The zero-order valence-electron chi connectivity index (χ0n) is 12.4. The average molecular weight is 300 g/mol. The van der Waals surface area contributed by atoms with Gasteiger partial charge in [-0.2, -0.15) is 5.10 Å². The number of aromatic amines is 1. The fourth-order valence-corrected chi connectivity index (χ4v) is 4.48. The zero-order chi connectivity index (χ0) is 14.8. The molecule has 20 heavy (non-hydrogen) atoms. The molecule has 1 aliphatic rings. The second kappa shape index (κ2) is 6.24. The maximum atomic E-state index is 12.7. The minimum Gasteiger partial charge on any atom is -0.314 e. The molecule has 1 aliphatic carbocycles. The molecule has 0 aliphatic heterocycles. The van der Waals surface area contributed by atoms with Gasteiger partial charge in [0.25, 0.3) is 0 Å². The van der Waals surface area contributed by atoms with Gasteiger partial charge in [-0.3, -0.25) is 5.10 Å². The number of rotatable bonds is 6. The largest absolute Gasteiger partial charge is 0.314 e. The summed E-state index contributed by atoms with van der Waals surface area (Å²) >= 11 is 0. The van der Waals surface area contributed by atoms with Crippen molar-refractivity contribution in [3.05, 3.63) is 11.4 Å². The van der Waals surface area contributed by atoms with E-state index in [1.807, 2.05) is 0 Å². The first-order valence-corrected chi connectivity index (χ1v) is 8.55. The monoisotopic (exact) mass is 300 g/mol. The molecule has 0 saturated heterocycles. The number of nitrogens with one attached hydrogen (secondary N) is 2. The van der Waals surface area contributed by atoms with E-state index in [4.69, 9.17) is 0 Å². The van der Waals surface area contributed by atoms with Crippen molar-refractivity contribution in [2.45, 2.75) is 44.0 Å². The Bertz CT molecular complexity index is 547. The van der Waals surface area contributed by atoms with Crippen LogP contribution in [0.2, 0.25) is 0 Å². The van der Waals surface area contributed by atoms with Gasteiger partial charge in [0, 0.05) is 20.1 Å². The molecule has 2 rings (SSSR count). The summed E-state index contributed by atoms with van der Waals surface area (Å²) in [4.78, 5) is 0.326. The van der Waals surface area contributed by atoms with E-state index in [0.717, 1.165) is 12.8 Å². The summed E-state index contributed by atoms with van der Waals surface area (Å²) in [5.74, 6) is 0.495. The van der Waals surface area contributed by atoms with E-state index in [1.54, 1.807) is 21.0 Å². The predicted molar refractivity (Wildman–Crippen MR) is 77.9 cm³/mol. The van der Waals surface area contributed by atoms with E-state index in [1.165, 1.54) is 17.1 Å². The third-order valence-electron chi connectivity index (χ3n) is 3.96. The standard InChI is InChI=1S/C13H24N4O2S/c1-10-13(12(8-14-2)16-15-10)20(18,19)17(3)9-11-6-4-5-7-11/h11,14H,4-9H2,1-3H3,(H,15,16). The number of H-pyrrole nitrogens is 1. The molecular weight excluding hydrogens is 276 g/mol. The van der Waals surface area contributed by atoms with Crippen LogP contribution >= 0.6 is 0 Å². The first-order chi connectivity index (χ1) is 9.46. The smallest absolute Gasteiger partial charge is 0.246 e. The van der Waals surface area contributed by atoms with E-state index in [0.29, 0.717) is 35.3 Å². The Hall–Kier alpha value is -0.920. The lowest BCUT2D eigenvalue weighted by Gasteiger charge is -2.21. The van der Waals surface area contributed by atoms with Crippen LogP contribution in [0.15, 0.2) is 4.90 Å². The summed E-state index contributed by atoms with van der Waals surface area (Å²) in [5, 5.41) is 9.83. The highest BCUT2D eigenvalue weighted by Crippen LogP contribution is 2.28. The third-order valence-corrected chi connectivity index (χ3v) is 5.99. The van der Waals surface area contributed by atoms with Crippen LogP contribution < -0.4 is 5.32 Å². The Morgan fingerprint density at radius 2 is 2.05 bits per heavy atom. The molecule has 1 aromatic heterocycles. The molecule has 0 bridgehead atoms. The van der Waals surface area contributed by atoms with Crippen molar-refractivity contribution in [2.24, 2.45) is 5.92 Å². The topological polar surface area (TPSA) is 78.1 Å². The number of aromatic nitrogens is 2. The van der Waals surface area contributed by atoms with Crippen molar-refractivity contribution in [2.75, 3.05) is 20.6 Å². The molecule has 0 radical (unpaired) electrons. The van der Waals surface area contributed by atoms with Gasteiger partial charge in [0.1, 0.15) is 4.90 Å². The SMILES string of the molecule is CNCc1n[nH]c(C)c1S(=O)(=O)N(C)CC1CCCC1. The maximum Gasteiger partial charge on any atom is 0.246 e. The van der Waals surface area contributed by atoms with Gasteiger partial charge in [-0.1, -0.05) is 12.8 Å². The molecule has 0 spiro atoms. The van der Waals surface area contributed by atoms with E-state index in [9.17, 15) is 8.42 Å². The van der Waals surface area contributed by atoms with Gasteiger partial charge in [0.15, 0.2) is 0 Å². The fourth-order valence-electron chi connectivity index (χ4n) is 2.91. The first-order valence-electron chi connectivity index (χ1n) is 7.11. The lowest BCUT2D eigenvalue weighted by Crippen LogP contribution is -2.32. The molecule has 1 saturated carbocycles. The second-order valence-electron chi connectivity index (χ2n) is 5.59. The molecule has 1 fully saturated rings. The molecule has 0 amide bonds. The lowest BCUT2D eigenvalue weighted by atomic mass is 10.1. The van der Waals surface area contributed by atoms with Gasteiger partial charge in [0.2, 0.25) is 10.0 Å². The summed E-state index contributed by atoms with van der Waals surface area (Å²) in [5.41, 5.74) is 1.16. The first kappa shape index (κ1) is 15.5. The van der Waals surface area contributed by atoms with Gasteiger partial charge >= 0.3 is 0 Å². The Kier molecular flexibility index (Phi) is 4.82.